The van der Waals surface area contributed by atoms with Gasteiger partial charge in [-0.25, -0.2) is 9.97 Å². The van der Waals surface area contributed by atoms with Crippen molar-refractivity contribution in [2.45, 2.75) is 66.3 Å². The van der Waals surface area contributed by atoms with E-state index >= 15 is 0 Å². The maximum Gasteiger partial charge on any atom is 0.228 e. The average Bonchev–Trinajstić information content (AvgIpc) is 3.36. The van der Waals surface area contributed by atoms with Crippen LogP contribution in [0.25, 0.3) is 22.4 Å². The van der Waals surface area contributed by atoms with Crippen molar-refractivity contribution < 1.29 is 4.52 Å². The highest BCUT2D eigenvalue weighted by molar-refractivity contribution is 5.95. The molecule has 5 heteroatoms. The number of hydrogen-bond donors (Lipinski definition) is 0. The third-order valence-electron chi connectivity index (χ3n) is 5.34. The number of nitrogens with zero attached hydrogens (tertiary/aromatic N) is 4. The molecule has 142 valence electrons. The Morgan fingerprint density at radius 1 is 1.07 bits per heavy atom. The highest BCUT2D eigenvalue weighted by Crippen LogP contribution is 2.38. The summed E-state index contributed by atoms with van der Waals surface area (Å²) in [5.74, 6) is 1.68. The number of rotatable bonds is 6. The summed E-state index contributed by atoms with van der Waals surface area (Å²) in [6.45, 7) is 11.6. The lowest BCUT2D eigenvalue weighted by atomic mass is 9.97. The fourth-order valence-corrected chi connectivity index (χ4v) is 4.01. The molecule has 0 atom stereocenters. The van der Waals surface area contributed by atoms with Gasteiger partial charge in [-0.3, -0.25) is 0 Å². The van der Waals surface area contributed by atoms with Gasteiger partial charge in [-0.2, -0.15) is 0 Å². The monoisotopic (exact) mass is 364 g/mol. The third-order valence-corrected chi connectivity index (χ3v) is 5.34. The van der Waals surface area contributed by atoms with Crippen molar-refractivity contribution >= 4 is 16.9 Å². The minimum Gasteiger partial charge on any atom is -0.350 e. The number of fused-ring (bicyclic) bond motifs is 1. The summed E-state index contributed by atoms with van der Waals surface area (Å²) in [6.07, 6.45) is 4.77. The molecule has 0 spiro atoms. The minimum atomic E-state index is 0.574. The summed E-state index contributed by atoms with van der Waals surface area (Å²) < 4.78 is 5.85. The normalized spacial score (nSPS) is 14.1. The van der Waals surface area contributed by atoms with Gasteiger partial charge in [-0.15, -0.1) is 0 Å². The van der Waals surface area contributed by atoms with Gasteiger partial charge in [0.05, 0.1) is 0 Å². The molecule has 2 heterocycles. The first-order valence-electron chi connectivity index (χ1n) is 9.98. The van der Waals surface area contributed by atoms with Gasteiger partial charge < -0.3 is 9.42 Å². The topological polar surface area (TPSA) is 55.1 Å². The SMILES string of the molecule is CCCCN(c1nc(C)nc2c(-c3c(C)cc(C)cc3C)noc12)C1CC1. The quantitative estimate of drug-likeness (QED) is 0.595. The number of aryl methyl sites for hydroxylation is 4. The Kier molecular flexibility index (Phi) is 4.62. The molecule has 0 bridgehead atoms. The van der Waals surface area contributed by atoms with Crippen molar-refractivity contribution in [2.24, 2.45) is 0 Å². The summed E-state index contributed by atoms with van der Waals surface area (Å²) in [5, 5.41) is 4.46. The van der Waals surface area contributed by atoms with Crippen LogP contribution < -0.4 is 4.90 Å². The molecule has 2 aromatic heterocycles. The van der Waals surface area contributed by atoms with Crippen molar-refractivity contribution in [1.82, 2.24) is 15.1 Å². The van der Waals surface area contributed by atoms with Crippen molar-refractivity contribution in [3.8, 4) is 11.3 Å². The van der Waals surface area contributed by atoms with E-state index in [1.807, 2.05) is 6.92 Å². The molecule has 0 amide bonds. The van der Waals surface area contributed by atoms with Crippen molar-refractivity contribution in [3.05, 3.63) is 34.6 Å². The van der Waals surface area contributed by atoms with Gasteiger partial charge in [-0.1, -0.05) is 36.2 Å². The van der Waals surface area contributed by atoms with E-state index in [2.05, 4.69) is 49.9 Å². The molecule has 3 aromatic rings. The highest BCUT2D eigenvalue weighted by Gasteiger charge is 2.33. The zero-order valence-electron chi connectivity index (χ0n) is 17.0. The highest BCUT2D eigenvalue weighted by atomic mass is 16.5. The zero-order valence-corrected chi connectivity index (χ0v) is 17.0. The van der Waals surface area contributed by atoms with Gasteiger partial charge in [0.25, 0.3) is 0 Å². The maximum absolute atomic E-state index is 5.85. The fraction of sp³-hybridized carbons (Fsp3) is 0.500. The van der Waals surface area contributed by atoms with Gasteiger partial charge in [0.15, 0.2) is 5.82 Å². The first-order valence-corrected chi connectivity index (χ1v) is 9.98. The van der Waals surface area contributed by atoms with Gasteiger partial charge in [-0.05, 0) is 58.1 Å². The lowest BCUT2D eigenvalue weighted by Crippen LogP contribution is -2.28. The molecule has 0 aliphatic heterocycles. The molecule has 1 aromatic carbocycles. The van der Waals surface area contributed by atoms with Crippen molar-refractivity contribution in [3.63, 3.8) is 0 Å². The molecule has 1 aliphatic rings. The number of hydrogen-bond acceptors (Lipinski definition) is 5. The molecule has 0 N–H and O–H groups in total. The molecule has 5 nitrogen and oxygen atoms in total. The lowest BCUT2D eigenvalue weighted by Gasteiger charge is -2.23. The van der Waals surface area contributed by atoms with Crippen LogP contribution in [0.3, 0.4) is 0 Å². The van der Waals surface area contributed by atoms with Crippen molar-refractivity contribution in [1.29, 1.82) is 0 Å². The van der Waals surface area contributed by atoms with Crippen LogP contribution in [-0.4, -0.2) is 27.7 Å². The van der Waals surface area contributed by atoms with Gasteiger partial charge in [0.2, 0.25) is 5.58 Å². The second-order valence-corrected chi connectivity index (χ2v) is 7.86. The van der Waals surface area contributed by atoms with E-state index < -0.39 is 0 Å². The van der Waals surface area contributed by atoms with Crippen LogP contribution in [0.5, 0.6) is 0 Å². The van der Waals surface area contributed by atoms with Gasteiger partial charge >= 0.3 is 0 Å². The van der Waals surface area contributed by atoms with Crippen LogP contribution in [0.1, 0.15) is 55.1 Å². The first-order chi connectivity index (χ1) is 13.0. The molecule has 0 radical (unpaired) electrons. The molecule has 4 rings (SSSR count). The van der Waals surface area contributed by atoms with E-state index in [-0.39, 0.29) is 0 Å². The molecular formula is C22H28N4O. The summed E-state index contributed by atoms with van der Waals surface area (Å²) in [4.78, 5) is 11.9. The second kappa shape index (κ2) is 6.95. The molecule has 0 unspecified atom stereocenters. The van der Waals surface area contributed by atoms with E-state index in [9.17, 15) is 0 Å². The van der Waals surface area contributed by atoms with Gasteiger partial charge in [0, 0.05) is 18.2 Å². The Morgan fingerprint density at radius 3 is 2.41 bits per heavy atom. The van der Waals surface area contributed by atoms with Crippen LogP contribution in [0.15, 0.2) is 16.7 Å². The Hall–Kier alpha value is -2.43. The Bertz CT molecular complexity index is 964. The molecular weight excluding hydrogens is 336 g/mol. The molecule has 1 saturated carbocycles. The van der Waals surface area contributed by atoms with E-state index in [0.29, 0.717) is 6.04 Å². The smallest absolute Gasteiger partial charge is 0.228 e. The summed E-state index contributed by atoms with van der Waals surface area (Å²) in [6, 6.07) is 4.95. The first kappa shape index (κ1) is 18.0. The Morgan fingerprint density at radius 2 is 1.78 bits per heavy atom. The molecule has 1 aliphatic carbocycles. The van der Waals surface area contributed by atoms with Crippen LogP contribution in [0, 0.1) is 27.7 Å². The lowest BCUT2D eigenvalue weighted by molar-refractivity contribution is 0.457. The predicted molar refractivity (Wildman–Crippen MR) is 109 cm³/mol. The maximum atomic E-state index is 5.85. The Balaban J connectivity index is 1.88. The van der Waals surface area contributed by atoms with E-state index in [4.69, 9.17) is 14.5 Å². The van der Waals surface area contributed by atoms with Crippen LogP contribution in [0.4, 0.5) is 5.82 Å². The number of unbranched alkanes of at least 4 members (excludes halogenated alkanes) is 1. The van der Waals surface area contributed by atoms with Crippen LogP contribution in [0.2, 0.25) is 0 Å². The number of anilines is 1. The minimum absolute atomic E-state index is 0.574. The largest absolute Gasteiger partial charge is 0.350 e. The zero-order chi connectivity index (χ0) is 19.1. The summed E-state index contributed by atoms with van der Waals surface area (Å²) in [5.41, 5.74) is 7.16. The van der Waals surface area contributed by atoms with Gasteiger partial charge in [0.1, 0.15) is 17.0 Å². The molecule has 1 fully saturated rings. The molecule has 27 heavy (non-hydrogen) atoms. The second-order valence-electron chi connectivity index (χ2n) is 7.86. The number of benzene rings is 1. The van der Waals surface area contributed by atoms with E-state index in [1.54, 1.807) is 0 Å². The Labute approximate surface area is 160 Å². The molecule has 0 saturated heterocycles. The van der Waals surface area contributed by atoms with E-state index in [1.165, 1.54) is 36.0 Å². The van der Waals surface area contributed by atoms with Crippen molar-refractivity contribution in [2.75, 3.05) is 11.4 Å². The number of aromatic nitrogens is 3. The summed E-state index contributed by atoms with van der Waals surface area (Å²) >= 11 is 0. The summed E-state index contributed by atoms with van der Waals surface area (Å²) in [7, 11) is 0. The standard InChI is InChI=1S/C22H28N4O/c1-6-7-10-26(17-8-9-17)22-21-20(23-16(5)24-22)19(25-27-21)18-14(3)11-13(2)12-15(18)4/h11-12,17H,6-10H2,1-5H3. The van der Waals surface area contributed by atoms with E-state index in [0.717, 1.165) is 47.0 Å². The predicted octanol–water partition coefficient (Wildman–Crippen LogP) is 5.29. The third kappa shape index (κ3) is 3.31. The average molecular weight is 364 g/mol. The van der Waals surface area contributed by atoms with Crippen LogP contribution >= 0.6 is 0 Å². The van der Waals surface area contributed by atoms with Crippen LogP contribution in [-0.2, 0) is 0 Å². The fourth-order valence-electron chi connectivity index (χ4n) is 4.01.